The van der Waals surface area contributed by atoms with Crippen LogP contribution in [-0.4, -0.2) is 20.6 Å². The largest absolute Gasteiger partial charge is 0.478 e. The van der Waals surface area contributed by atoms with Crippen LogP contribution < -0.4 is 11.3 Å². The van der Waals surface area contributed by atoms with Crippen molar-refractivity contribution < 1.29 is 9.90 Å². The minimum absolute atomic E-state index is 0.0231. The van der Waals surface area contributed by atoms with Crippen molar-refractivity contribution in [2.24, 2.45) is 0 Å². The Balaban J connectivity index is 2.51. The predicted molar refractivity (Wildman–Crippen MR) is 82.9 cm³/mol. The minimum atomic E-state index is -1.11. The zero-order valence-corrected chi connectivity index (χ0v) is 12.8. The SMILES string of the molecule is Cc1ncn(Cc2cccc(N)c2C(=O)O)c(=O)c1I. The van der Waals surface area contributed by atoms with Crippen LogP contribution in [0.3, 0.4) is 0 Å². The number of aromatic carboxylic acids is 1. The number of benzene rings is 1. The number of hydrogen-bond donors (Lipinski definition) is 2. The van der Waals surface area contributed by atoms with Crippen LogP contribution in [0.25, 0.3) is 0 Å². The van der Waals surface area contributed by atoms with Gasteiger partial charge in [0.05, 0.1) is 27.7 Å². The van der Waals surface area contributed by atoms with Crippen LogP contribution in [0, 0.1) is 10.5 Å². The maximum absolute atomic E-state index is 12.1. The standard InChI is InChI=1S/C13H12IN3O3/c1-7-11(14)12(18)17(6-16-7)5-8-3-2-4-9(15)10(8)13(19)20/h2-4,6H,5,15H2,1H3,(H,19,20). The second-order valence-electron chi connectivity index (χ2n) is 4.26. The summed E-state index contributed by atoms with van der Waals surface area (Å²) in [6.45, 7) is 1.87. The summed E-state index contributed by atoms with van der Waals surface area (Å²) in [6.07, 6.45) is 1.41. The highest BCUT2D eigenvalue weighted by atomic mass is 127. The summed E-state index contributed by atoms with van der Waals surface area (Å²) in [7, 11) is 0. The van der Waals surface area contributed by atoms with Crippen molar-refractivity contribution in [3.8, 4) is 0 Å². The summed E-state index contributed by atoms with van der Waals surface area (Å²) in [6, 6.07) is 4.82. The van der Waals surface area contributed by atoms with Gasteiger partial charge < -0.3 is 10.8 Å². The van der Waals surface area contributed by atoms with E-state index < -0.39 is 5.97 Å². The molecule has 2 aromatic rings. The van der Waals surface area contributed by atoms with Gasteiger partial charge in [0.2, 0.25) is 0 Å². The highest BCUT2D eigenvalue weighted by molar-refractivity contribution is 14.1. The van der Waals surface area contributed by atoms with Crippen LogP contribution in [0.5, 0.6) is 0 Å². The summed E-state index contributed by atoms with van der Waals surface area (Å²) in [5, 5.41) is 9.21. The van der Waals surface area contributed by atoms with Crippen LogP contribution in [0.1, 0.15) is 21.6 Å². The molecule has 0 spiro atoms. The molecule has 0 aliphatic heterocycles. The third-order valence-electron chi connectivity index (χ3n) is 2.89. The minimum Gasteiger partial charge on any atom is -0.478 e. The Morgan fingerprint density at radius 2 is 2.20 bits per heavy atom. The topological polar surface area (TPSA) is 98.2 Å². The first kappa shape index (κ1) is 14.5. The van der Waals surface area contributed by atoms with E-state index in [-0.39, 0.29) is 23.4 Å². The van der Waals surface area contributed by atoms with Crippen LogP contribution in [-0.2, 0) is 6.54 Å². The third-order valence-corrected chi connectivity index (χ3v) is 4.14. The van der Waals surface area contributed by atoms with E-state index in [4.69, 9.17) is 5.73 Å². The molecule has 0 radical (unpaired) electrons. The second-order valence-corrected chi connectivity index (χ2v) is 5.34. The number of carbonyl (C=O) groups is 1. The lowest BCUT2D eigenvalue weighted by molar-refractivity contribution is 0.0696. The van der Waals surface area contributed by atoms with Gasteiger partial charge in [-0.1, -0.05) is 12.1 Å². The fraction of sp³-hybridized carbons (Fsp3) is 0.154. The molecule has 0 saturated heterocycles. The molecule has 7 heteroatoms. The first-order chi connectivity index (χ1) is 9.41. The van der Waals surface area contributed by atoms with Crippen molar-refractivity contribution in [1.29, 1.82) is 0 Å². The van der Waals surface area contributed by atoms with Crippen molar-refractivity contribution in [2.45, 2.75) is 13.5 Å². The van der Waals surface area contributed by atoms with Gasteiger partial charge >= 0.3 is 5.97 Å². The van der Waals surface area contributed by atoms with Gasteiger partial charge in [-0.05, 0) is 41.1 Å². The molecule has 3 N–H and O–H groups in total. The van der Waals surface area contributed by atoms with Gasteiger partial charge in [-0.3, -0.25) is 9.36 Å². The number of aryl methyl sites for hydroxylation is 1. The number of nitrogens with zero attached hydrogens (tertiary/aromatic N) is 2. The average Bonchev–Trinajstić information content (AvgIpc) is 2.39. The predicted octanol–water partition coefficient (Wildman–Crippen LogP) is 1.49. The maximum Gasteiger partial charge on any atom is 0.338 e. The van der Waals surface area contributed by atoms with Crippen molar-refractivity contribution in [1.82, 2.24) is 9.55 Å². The number of nitrogens with two attached hydrogens (primary N) is 1. The van der Waals surface area contributed by atoms with E-state index in [1.165, 1.54) is 17.0 Å². The van der Waals surface area contributed by atoms with Crippen LogP contribution in [0.15, 0.2) is 29.3 Å². The monoisotopic (exact) mass is 385 g/mol. The van der Waals surface area contributed by atoms with Crippen LogP contribution in [0.4, 0.5) is 5.69 Å². The smallest absolute Gasteiger partial charge is 0.338 e. The second kappa shape index (κ2) is 5.61. The zero-order valence-electron chi connectivity index (χ0n) is 10.6. The summed E-state index contributed by atoms with van der Waals surface area (Å²) in [4.78, 5) is 27.5. The molecule has 2 rings (SSSR count). The van der Waals surface area contributed by atoms with Gasteiger partial charge in [0.1, 0.15) is 0 Å². The fourth-order valence-electron chi connectivity index (χ4n) is 1.85. The van der Waals surface area contributed by atoms with E-state index in [0.717, 1.165) is 0 Å². The van der Waals surface area contributed by atoms with Crippen LogP contribution >= 0.6 is 22.6 Å². The van der Waals surface area contributed by atoms with E-state index >= 15 is 0 Å². The normalized spacial score (nSPS) is 10.5. The molecule has 6 nitrogen and oxygen atoms in total. The van der Waals surface area contributed by atoms with Gasteiger partial charge in [-0.15, -0.1) is 0 Å². The Kier molecular flexibility index (Phi) is 4.07. The van der Waals surface area contributed by atoms with Gasteiger partial charge in [0.15, 0.2) is 0 Å². The Hall–Kier alpha value is -1.90. The molecule has 104 valence electrons. The molecule has 1 aromatic heterocycles. The number of anilines is 1. The molecule has 0 atom stereocenters. The van der Waals surface area contributed by atoms with Crippen molar-refractivity contribution in [3.63, 3.8) is 0 Å². The quantitative estimate of drug-likeness (QED) is 0.616. The van der Waals surface area contributed by atoms with Gasteiger partial charge in [-0.2, -0.15) is 0 Å². The molecule has 0 saturated carbocycles. The van der Waals surface area contributed by atoms with E-state index in [0.29, 0.717) is 14.8 Å². The molecule has 0 aliphatic rings. The number of rotatable bonds is 3. The maximum atomic E-state index is 12.1. The third kappa shape index (κ3) is 2.67. The number of halogens is 1. The van der Waals surface area contributed by atoms with Crippen molar-refractivity contribution in [2.75, 3.05) is 5.73 Å². The summed E-state index contributed by atoms with van der Waals surface area (Å²) in [5.74, 6) is -1.11. The Morgan fingerprint density at radius 1 is 1.50 bits per heavy atom. The zero-order chi connectivity index (χ0) is 14.9. The van der Waals surface area contributed by atoms with E-state index in [9.17, 15) is 14.7 Å². The molecule has 0 aliphatic carbocycles. The Morgan fingerprint density at radius 3 is 2.85 bits per heavy atom. The molecular weight excluding hydrogens is 373 g/mol. The number of nitrogen functional groups attached to an aromatic ring is 1. The highest BCUT2D eigenvalue weighted by Crippen LogP contribution is 2.18. The number of aromatic nitrogens is 2. The van der Waals surface area contributed by atoms with Gasteiger partial charge in [0.25, 0.3) is 5.56 Å². The fourth-order valence-corrected chi connectivity index (χ4v) is 2.30. The Labute approximate surface area is 128 Å². The van der Waals surface area contributed by atoms with Crippen molar-refractivity contribution in [3.05, 3.63) is 55.3 Å². The summed E-state index contributed by atoms with van der Waals surface area (Å²) < 4.78 is 1.89. The van der Waals surface area contributed by atoms with Crippen molar-refractivity contribution >= 4 is 34.2 Å². The average molecular weight is 385 g/mol. The number of carboxylic acids is 1. The molecule has 1 aromatic carbocycles. The lowest BCUT2D eigenvalue weighted by Crippen LogP contribution is -2.25. The van der Waals surface area contributed by atoms with Crippen LogP contribution in [0.2, 0.25) is 0 Å². The Bertz CT molecular complexity index is 740. The molecule has 20 heavy (non-hydrogen) atoms. The molecule has 1 heterocycles. The lowest BCUT2D eigenvalue weighted by Gasteiger charge is -2.11. The summed E-state index contributed by atoms with van der Waals surface area (Å²) in [5.41, 5.74) is 6.81. The lowest BCUT2D eigenvalue weighted by atomic mass is 10.1. The van der Waals surface area contributed by atoms with E-state index in [2.05, 4.69) is 4.98 Å². The molecular formula is C13H12IN3O3. The number of hydrogen-bond acceptors (Lipinski definition) is 4. The molecule has 0 fully saturated rings. The molecule has 0 bridgehead atoms. The van der Waals surface area contributed by atoms with E-state index in [1.807, 2.05) is 22.6 Å². The molecule has 0 amide bonds. The van der Waals surface area contributed by atoms with E-state index in [1.54, 1.807) is 19.1 Å². The first-order valence-corrected chi connectivity index (χ1v) is 6.82. The number of carboxylic acid groups (broad SMARTS) is 1. The molecule has 0 unspecified atom stereocenters. The van der Waals surface area contributed by atoms with Gasteiger partial charge in [0, 0.05) is 5.69 Å². The van der Waals surface area contributed by atoms with Gasteiger partial charge in [-0.25, -0.2) is 9.78 Å². The highest BCUT2D eigenvalue weighted by Gasteiger charge is 2.15. The first-order valence-electron chi connectivity index (χ1n) is 5.74. The summed E-state index contributed by atoms with van der Waals surface area (Å²) >= 11 is 1.93.